The fraction of sp³-hybridized carbons (Fsp3) is 0.500. The van der Waals surface area contributed by atoms with Crippen LogP contribution in [0.1, 0.15) is 22.8 Å². The van der Waals surface area contributed by atoms with E-state index in [4.69, 9.17) is 9.84 Å². The summed E-state index contributed by atoms with van der Waals surface area (Å²) in [4.78, 5) is 11.0. The lowest BCUT2D eigenvalue weighted by molar-refractivity contribution is 0.0697. The molecule has 1 N–H and O–H groups in total. The number of carbonyl (C=O) groups is 1. The second-order valence-corrected chi connectivity index (χ2v) is 7.25. The molecule has 1 aliphatic rings. The van der Waals surface area contributed by atoms with Crippen molar-refractivity contribution < 1.29 is 23.1 Å². The van der Waals surface area contributed by atoms with Crippen molar-refractivity contribution >= 4 is 21.7 Å². The molecule has 7 heteroatoms. The van der Waals surface area contributed by atoms with E-state index in [1.807, 2.05) is 6.92 Å². The molecule has 21 heavy (non-hydrogen) atoms. The van der Waals surface area contributed by atoms with E-state index in [-0.39, 0.29) is 17.2 Å². The average Bonchev–Trinajstić information content (AvgIpc) is 2.81. The molecule has 1 aromatic carbocycles. The van der Waals surface area contributed by atoms with Gasteiger partial charge in [0.2, 0.25) is 10.0 Å². The minimum atomic E-state index is -3.42. The molecule has 0 radical (unpaired) electrons. The number of methoxy groups -OCH3 is 1. The molecule has 0 aromatic heterocycles. The van der Waals surface area contributed by atoms with Crippen molar-refractivity contribution in [3.05, 3.63) is 29.3 Å². The van der Waals surface area contributed by atoms with Crippen molar-refractivity contribution in [2.45, 2.75) is 13.3 Å². The van der Waals surface area contributed by atoms with Crippen LogP contribution in [-0.4, -0.2) is 45.5 Å². The topological polar surface area (TPSA) is 83.9 Å². The Morgan fingerprint density at radius 2 is 2.19 bits per heavy atom. The van der Waals surface area contributed by atoms with Gasteiger partial charge in [0.25, 0.3) is 0 Å². The van der Waals surface area contributed by atoms with E-state index in [2.05, 4.69) is 0 Å². The van der Waals surface area contributed by atoms with Gasteiger partial charge in [0.1, 0.15) is 0 Å². The molecule has 6 nitrogen and oxygen atoms in total. The first kappa shape index (κ1) is 15.8. The number of rotatable bonds is 6. The predicted octanol–water partition coefficient (Wildman–Crippen LogP) is 1.36. The number of hydrogen-bond acceptors (Lipinski definition) is 4. The zero-order valence-electron chi connectivity index (χ0n) is 12.1. The fourth-order valence-electron chi connectivity index (χ4n) is 2.58. The van der Waals surface area contributed by atoms with Crippen LogP contribution >= 0.6 is 0 Å². The minimum absolute atomic E-state index is 0.0148. The lowest BCUT2D eigenvalue weighted by Crippen LogP contribution is -2.34. The van der Waals surface area contributed by atoms with Gasteiger partial charge in [0, 0.05) is 20.3 Å². The van der Waals surface area contributed by atoms with Gasteiger partial charge in [-0.05, 0) is 36.1 Å². The summed E-state index contributed by atoms with van der Waals surface area (Å²) < 4.78 is 31.3. The third-order valence-corrected chi connectivity index (χ3v) is 5.50. The first-order valence-corrected chi connectivity index (χ1v) is 8.31. The van der Waals surface area contributed by atoms with E-state index in [0.29, 0.717) is 25.3 Å². The first-order chi connectivity index (χ1) is 9.85. The maximum absolute atomic E-state index is 12.5. The van der Waals surface area contributed by atoms with Gasteiger partial charge in [-0.25, -0.2) is 13.2 Å². The van der Waals surface area contributed by atoms with E-state index >= 15 is 0 Å². The molecule has 2 rings (SSSR count). The zero-order chi connectivity index (χ0) is 15.6. The van der Waals surface area contributed by atoms with Gasteiger partial charge in [-0.2, -0.15) is 0 Å². The highest BCUT2D eigenvalue weighted by Gasteiger charge is 2.31. The van der Waals surface area contributed by atoms with Crippen LogP contribution in [-0.2, 0) is 21.2 Å². The van der Waals surface area contributed by atoms with Gasteiger partial charge in [-0.3, -0.25) is 4.31 Å². The van der Waals surface area contributed by atoms with Gasteiger partial charge in [0.05, 0.1) is 17.0 Å². The Kier molecular flexibility index (Phi) is 4.53. The summed E-state index contributed by atoms with van der Waals surface area (Å²) in [5.41, 5.74) is 1.53. The molecular weight excluding hydrogens is 294 g/mol. The second-order valence-electron chi connectivity index (χ2n) is 5.31. The molecule has 1 aliphatic heterocycles. The van der Waals surface area contributed by atoms with Crippen LogP contribution in [0.5, 0.6) is 0 Å². The van der Waals surface area contributed by atoms with Gasteiger partial charge < -0.3 is 9.84 Å². The Morgan fingerprint density at radius 1 is 1.48 bits per heavy atom. The lowest BCUT2D eigenvalue weighted by Gasteiger charge is -2.21. The Balaban J connectivity index is 2.24. The van der Waals surface area contributed by atoms with Crippen LogP contribution in [0, 0.1) is 5.92 Å². The first-order valence-electron chi connectivity index (χ1n) is 6.70. The van der Waals surface area contributed by atoms with Crippen molar-refractivity contribution in [2.75, 3.05) is 30.3 Å². The van der Waals surface area contributed by atoms with Crippen molar-refractivity contribution in [1.82, 2.24) is 0 Å². The number of carboxylic acid groups (broad SMARTS) is 1. The Labute approximate surface area is 124 Å². The van der Waals surface area contributed by atoms with Crippen molar-refractivity contribution in [2.24, 2.45) is 5.92 Å². The third-order valence-electron chi connectivity index (χ3n) is 3.46. The second kappa shape index (κ2) is 6.03. The monoisotopic (exact) mass is 313 g/mol. The number of fused-ring (bicyclic) bond motifs is 1. The summed E-state index contributed by atoms with van der Waals surface area (Å²) >= 11 is 0. The molecule has 0 amide bonds. The molecule has 0 fully saturated rings. The lowest BCUT2D eigenvalue weighted by atomic mass is 10.1. The van der Waals surface area contributed by atoms with Crippen LogP contribution in [0.4, 0.5) is 5.69 Å². The number of anilines is 1. The molecule has 0 saturated carbocycles. The van der Waals surface area contributed by atoms with E-state index in [0.717, 1.165) is 5.56 Å². The summed E-state index contributed by atoms with van der Waals surface area (Å²) in [6.45, 7) is 2.57. The molecule has 1 aromatic rings. The summed E-state index contributed by atoms with van der Waals surface area (Å²) in [6, 6.07) is 4.56. The number of hydrogen-bond donors (Lipinski definition) is 1. The maximum Gasteiger partial charge on any atom is 0.335 e. The van der Waals surface area contributed by atoms with E-state index < -0.39 is 16.0 Å². The van der Waals surface area contributed by atoms with Gasteiger partial charge >= 0.3 is 5.97 Å². The number of sulfonamides is 1. The molecule has 1 unspecified atom stereocenters. The van der Waals surface area contributed by atoms with Crippen LogP contribution < -0.4 is 4.31 Å². The quantitative estimate of drug-likeness (QED) is 0.857. The molecule has 0 saturated heterocycles. The molecule has 1 atom stereocenters. The van der Waals surface area contributed by atoms with Crippen molar-refractivity contribution in [3.63, 3.8) is 0 Å². The standard InChI is InChI=1S/C14H19NO5S/c1-10(8-20-2)9-21(18,19)15-6-5-11-7-12(14(16)17)3-4-13(11)15/h3-4,7,10H,5-6,8-9H2,1-2H3,(H,16,17). The normalized spacial score (nSPS) is 15.8. The summed E-state index contributed by atoms with van der Waals surface area (Å²) in [5.74, 6) is -1.09. The molecule has 0 spiro atoms. The van der Waals surface area contributed by atoms with Crippen LogP contribution in [0.25, 0.3) is 0 Å². The highest BCUT2D eigenvalue weighted by molar-refractivity contribution is 7.92. The van der Waals surface area contributed by atoms with E-state index in [1.165, 1.54) is 10.4 Å². The Morgan fingerprint density at radius 3 is 2.81 bits per heavy atom. The highest BCUT2D eigenvalue weighted by atomic mass is 32.2. The molecule has 0 bridgehead atoms. The third kappa shape index (κ3) is 3.36. The zero-order valence-corrected chi connectivity index (χ0v) is 12.9. The Bertz CT molecular complexity index is 641. The van der Waals surface area contributed by atoms with E-state index in [9.17, 15) is 13.2 Å². The summed E-state index contributed by atoms with van der Waals surface area (Å²) in [7, 11) is -1.88. The summed E-state index contributed by atoms with van der Waals surface area (Å²) in [5, 5.41) is 8.97. The van der Waals surface area contributed by atoms with Crippen molar-refractivity contribution in [3.8, 4) is 0 Å². The maximum atomic E-state index is 12.5. The number of benzene rings is 1. The number of carboxylic acids is 1. The highest BCUT2D eigenvalue weighted by Crippen LogP contribution is 2.31. The summed E-state index contributed by atoms with van der Waals surface area (Å²) in [6.07, 6.45) is 0.536. The molecule has 0 aliphatic carbocycles. The van der Waals surface area contributed by atoms with Gasteiger partial charge in [-0.1, -0.05) is 6.92 Å². The predicted molar refractivity (Wildman–Crippen MR) is 79.3 cm³/mol. The largest absolute Gasteiger partial charge is 0.478 e. The van der Waals surface area contributed by atoms with Gasteiger partial charge in [-0.15, -0.1) is 0 Å². The van der Waals surface area contributed by atoms with E-state index in [1.54, 1.807) is 19.2 Å². The van der Waals surface area contributed by atoms with Crippen LogP contribution in [0.3, 0.4) is 0 Å². The SMILES string of the molecule is COCC(C)CS(=O)(=O)N1CCc2cc(C(=O)O)ccc21. The smallest absolute Gasteiger partial charge is 0.335 e. The number of ether oxygens (including phenoxy) is 1. The fourth-order valence-corrected chi connectivity index (χ4v) is 4.42. The number of aromatic carboxylic acids is 1. The minimum Gasteiger partial charge on any atom is -0.478 e. The van der Waals surface area contributed by atoms with Gasteiger partial charge in [0.15, 0.2) is 0 Å². The molecule has 116 valence electrons. The average molecular weight is 313 g/mol. The van der Waals surface area contributed by atoms with Crippen LogP contribution in [0.2, 0.25) is 0 Å². The Hall–Kier alpha value is -1.60. The molecule has 1 heterocycles. The number of nitrogens with zero attached hydrogens (tertiary/aromatic N) is 1. The van der Waals surface area contributed by atoms with Crippen LogP contribution in [0.15, 0.2) is 18.2 Å². The molecular formula is C14H19NO5S. The van der Waals surface area contributed by atoms with Crippen molar-refractivity contribution in [1.29, 1.82) is 0 Å².